The molecule has 0 atom stereocenters. The molecule has 0 aliphatic rings. The highest BCUT2D eigenvalue weighted by atomic mass is 15.1. The van der Waals surface area contributed by atoms with Crippen molar-refractivity contribution in [1.29, 1.82) is 0 Å². The van der Waals surface area contributed by atoms with E-state index in [2.05, 4.69) is 28.4 Å². The average molecular weight is 218 g/mol. The Hall–Kier alpha value is -1.42. The van der Waals surface area contributed by atoms with E-state index in [1.54, 1.807) is 12.4 Å². The van der Waals surface area contributed by atoms with Crippen molar-refractivity contribution in [2.24, 2.45) is 5.73 Å². The van der Waals surface area contributed by atoms with Crippen molar-refractivity contribution in [3.8, 4) is 0 Å². The van der Waals surface area contributed by atoms with Gasteiger partial charge in [0.15, 0.2) is 0 Å². The van der Waals surface area contributed by atoms with Crippen LogP contribution in [0, 0.1) is 0 Å². The van der Waals surface area contributed by atoms with E-state index in [9.17, 15) is 0 Å². The molecule has 0 aliphatic carbocycles. The van der Waals surface area contributed by atoms with Crippen molar-refractivity contribution in [1.82, 2.24) is 14.5 Å². The second kappa shape index (κ2) is 3.56. The minimum absolute atomic E-state index is 0.338. The van der Waals surface area contributed by atoms with Gasteiger partial charge in [-0.25, -0.2) is 4.98 Å². The highest BCUT2D eigenvalue weighted by molar-refractivity contribution is 5.75. The summed E-state index contributed by atoms with van der Waals surface area (Å²) in [6, 6.07) is 2.32. The van der Waals surface area contributed by atoms with E-state index in [0.29, 0.717) is 6.04 Å². The van der Waals surface area contributed by atoms with Crippen LogP contribution in [0.25, 0.3) is 11.0 Å². The highest BCUT2D eigenvalue weighted by Crippen LogP contribution is 2.25. The van der Waals surface area contributed by atoms with E-state index >= 15 is 0 Å². The lowest BCUT2D eigenvalue weighted by molar-refractivity contribution is 0.457. The predicted molar refractivity (Wildman–Crippen MR) is 65.1 cm³/mol. The molecule has 2 N–H and O–H groups in total. The van der Waals surface area contributed by atoms with Gasteiger partial charge >= 0.3 is 0 Å². The number of nitrogens with zero attached hydrogens (tertiary/aromatic N) is 3. The number of hydrogen-bond acceptors (Lipinski definition) is 3. The SMILES string of the molecule is CC(C)n1c(C(C)(C)N)nc2cnccc21. The monoisotopic (exact) mass is 218 g/mol. The molecule has 0 saturated heterocycles. The van der Waals surface area contributed by atoms with Gasteiger partial charge in [0.2, 0.25) is 0 Å². The van der Waals surface area contributed by atoms with Gasteiger partial charge in [0.25, 0.3) is 0 Å². The number of hydrogen-bond donors (Lipinski definition) is 1. The maximum atomic E-state index is 6.16. The van der Waals surface area contributed by atoms with E-state index < -0.39 is 5.54 Å². The summed E-state index contributed by atoms with van der Waals surface area (Å²) in [6.45, 7) is 8.22. The van der Waals surface area contributed by atoms with Gasteiger partial charge in [-0.3, -0.25) is 4.98 Å². The fraction of sp³-hybridized carbons (Fsp3) is 0.500. The van der Waals surface area contributed by atoms with Crippen molar-refractivity contribution in [3.63, 3.8) is 0 Å². The second-order valence-corrected chi connectivity index (χ2v) is 4.99. The molecule has 0 saturated carbocycles. The molecule has 0 bridgehead atoms. The lowest BCUT2D eigenvalue weighted by Crippen LogP contribution is -2.33. The molecule has 0 amide bonds. The van der Waals surface area contributed by atoms with Crippen LogP contribution in [0.3, 0.4) is 0 Å². The average Bonchev–Trinajstić information content (AvgIpc) is 2.55. The minimum atomic E-state index is -0.441. The van der Waals surface area contributed by atoms with Crippen LogP contribution < -0.4 is 5.73 Å². The Morgan fingerprint density at radius 1 is 1.38 bits per heavy atom. The predicted octanol–water partition coefficient (Wildman–Crippen LogP) is 2.21. The van der Waals surface area contributed by atoms with E-state index in [0.717, 1.165) is 16.9 Å². The van der Waals surface area contributed by atoms with E-state index in [1.807, 2.05) is 19.9 Å². The fourth-order valence-electron chi connectivity index (χ4n) is 1.93. The zero-order valence-corrected chi connectivity index (χ0v) is 10.2. The first-order chi connectivity index (χ1) is 7.41. The van der Waals surface area contributed by atoms with Gasteiger partial charge in [0, 0.05) is 12.2 Å². The maximum absolute atomic E-state index is 6.16. The Bertz CT molecular complexity index is 505. The smallest absolute Gasteiger partial charge is 0.129 e. The Labute approximate surface area is 95.5 Å². The quantitative estimate of drug-likeness (QED) is 0.840. The molecule has 2 rings (SSSR count). The first-order valence-corrected chi connectivity index (χ1v) is 5.52. The zero-order chi connectivity index (χ0) is 11.9. The van der Waals surface area contributed by atoms with Gasteiger partial charge in [-0.2, -0.15) is 0 Å². The normalized spacial score (nSPS) is 12.6. The summed E-state index contributed by atoms with van der Waals surface area (Å²) < 4.78 is 2.18. The van der Waals surface area contributed by atoms with Crippen LogP contribution in [0.4, 0.5) is 0 Å². The topological polar surface area (TPSA) is 56.7 Å². The Morgan fingerprint density at radius 3 is 2.62 bits per heavy atom. The van der Waals surface area contributed by atoms with Crippen LogP contribution >= 0.6 is 0 Å². The molecule has 16 heavy (non-hydrogen) atoms. The minimum Gasteiger partial charge on any atom is -0.324 e. The molecule has 0 aliphatic heterocycles. The Balaban J connectivity index is 2.78. The molecule has 0 fully saturated rings. The first kappa shape index (κ1) is 11.1. The van der Waals surface area contributed by atoms with Crippen LogP contribution in [0.1, 0.15) is 39.6 Å². The van der Waals surface area contributed by atoms with Gasteiger partial charge < -0.3 is 10.3 Å². The molecule has 2 aromatic heterocycles. The number of rotatable bonds is 2. The van der Waals surface area contributed by atoms with Gasteiger partial charge in [0.1, 0.15) is 11.3 Å². The number of nitrogens with two attached hydrogens (primary N) is 1. The van der Waals surface area contributed by atoms with Gasteiger partial charge in [-0.05, 0) is 33.8 Å². The van der Waals surface area contributed by atoms with Crippen LogP contribution in [0.15, 0.2) is 18.5 Å². The lowest BCUT2D eigenvalue weighted by atomic mass is 10.1. The van der Waals surface area contributed by atoms with E-state index in [1.165, 1.54) is 0 Å². The van der Waals surface area contributed by atoms with Crippen LogP contribution in [-0.2, 0) is 5.54 Å². The molecular weight excluding hydrogens is 200 g/mol. The van der Waals surface area contributed by atoms with Crippen molar-refractivity contribution in [2.45, 2.75) is 39.3 Å². The molecule has 4 nitrogen and oxygen atoms in total. The molecule has 2 heterocycles. The van der Waals surface area contributed by atoms with Crippen LogP contribution in [0.2, 0.25) is 0 Å². The number of imidazole rings is 1. The summed E-state index contributed by atoms with van der Waals surface area (Å²) in [4.78, 5) is 8.67. The summed E-state index contributed by atoms with van der Waals surface area (Å²) in [5.74, 6) is 0.908. The summed E-state index contributed by atoms with van der Waals surface area (Å²) >= 11 is 0. The summed E-state index contributed by atoms with van der Waals surface area (Å²) in [5, 5.41) is 0. The van der Waals surface area contributed by atoms with E-state index in [-0.39, 0.29) is 0 Å². The third-order valence-corrected chi connectivity index (χ3v) is 2.58. The second-order valence-electron chi connectivity index (χ2n) is 4.99. The standard InChI is InChI=1S/C12H18N4/c1-8(2)16-10-5-6-14-7-9(10)15-11(16)12(3,4)13/h5-8H,13H2,1-4H3. The van der Waals surface area contributed by atoms with Crippen molar-refractivity contribution < 1.29 is 0 Å². The van der Waals surface area contributed by atoms with Crippen LogP contribution in [-0.4, -0.2) is 14.5 Å². The van der Waals surface area contributed by atoms with Crippen molar-refractivity contribution >= 4 is 11.0 Å². The third-order valence-electron chi connectivity index (χ3n) is 2.58. The molecule has 86 valence electrons. The molecule has 0 aromatic carbocycles. The van der Waals surface area contributed by atoms with Gasteiger partial charge in [-0.1, -0.05) is 0 Å². The number of pyridine rings is 1. The molecule has 4 heteroatoms. The summed E-state index contributed by atoms with van der Waals surface area (Å²) in [6.07, 6.45) is 3.57. The van der Waals surface area contributed by atoms with Gasteiger partial charge in [-0.15, -0.1) is 0 Å². The lowest BCUT2D eigenvalue weighted by Gasteiger charge is -2.22. The van der Waals surface area contributed by atoms with E-state index in [4.69, 9.17) is 5.73 Å². The largest absolute Gasteiger partial charge is 0.324 e. The Morgan fingerprint density at radius 2 is 2.06 bits per heavy atom. The van der Waals surface area contributed by atoms with Crippen molar-refractivity contribution in [3.05, 3.63) is 24.3 Å². The maximum Gasteiger partial charge on any atom is 0.129 e. The fourth-order valence-corrected chi connectivity index (χ4v) is 1.93. The van der Waals surface area contributed by atoms with Gasteiger partial charge in [0.05, 0.1) is 17.3 Å². The van der Waals surface area contributed by atoms with Crippen LogP contribution in [0.5, 0.6) is 0 Å². The first-order valence-electron chi connectivity index (χ1n) is 5.52. The number of fused-ring (bicyclic) bond motifs is 1. The zero-order valence-electron chi connectivity index (χ0n) is 10.2. The number of aromatic nitrogens is 3. The summed E-state index contributed by atoms with van der Waals surface area (Å²) in [7, 11) is 0. The van der Waals surface area contributed by atoms with Crippen molar-refractivity contribution in [2.75, 3.05) is 0 Å². The molecular formula is C12H18N4. The molecule has 0 unspecified atom stereocenters. The Kier molecular flexibility index (Phi) is 2.46. The molecule has 0 radical (unpaired) electrons. The summed E-state index contributed by atoms with van der Waals surface area (Å²) in [5.41, 5.74) is 7.72. The third kappa shape index (κ3) is 1.69. The molecule has 2 aromatic rings. The molecule has 0 spiro atoms. The highest BCUT2D eigenvalue weighted by Gasteiger charge is 2.24.